The van der Waals surface area contributed by atoms with E-state index in [1.165, 1.54) is 19.3 Å². The van der Waals surface area contributed by atoms with Crippen LogP contribution in [0.15, 0.2) is 0 Å². The van der Waals surface area contributed by atoms with Crippen LogP contribution < -0.4 is 5.32 Å². The normalized spacial score (nSPS) is 21.8. The highest BCUT2D eigenvalue weighted by Crippen LogP contribution is 2.24. The predicted octanol–water partition coefficient (Wildman–Crippen LogP) is 2.08. The summed E-state index contributed by atoms with van der Waals surface area (Å²) in [7, 11) is 0. The highest BCUT2D eigenvalue weighted by atomic mass is 16.5. The fourth-order valence-electron chi connectivity index (χ4n) is 1.89. The standard InChI is InChI=1S/C13H27NO2/c1-4-5-11(2)16-9-8-13(3,10-15)14-12-6-7-12/h11-12,14-15H,4-10H2,1-3H3. The zero-order valence-corrected chi connectivity index (χ0v) is 11.0. The van der Waals surface area contributed by atoms with Gasteiger partial charge in [0.25, 0.3) is 0 Å². The van der Waals surface area contributed by atoms with E-state index < -0.39 is 0 Å². The lowest BCUT2D eigenvalue weighted by Crippen LogP contribution is -2.47. The van der Waals surface area contributed by atoms with Crippen molar-refractivity contribution in [2.45, 2.75) is 70.6 Å². The lowest BCUT2D eigenvalue weighted by Gasteiger charge is -2.29. The summed E-state index contributed by atoms with van der Waals surface area (Å²) in [5.74, 6) is 0. The van der Waals surface area contributed by atoms with Gasteiger partial charge in [-0.2, -0.15) is 0 Å². The summed E-state index contributed by atoms with van der Waals surface area (Å²) >= 11 is 0. The molecule has 2 unspecified atom stereocenters. The Hall–Kier alpha value is -0.120. The molecule has 0 spiro atoms. The molecule has 1 saturated carbocycles. The Morgan fingerprint density at radius 1 is 1.50 bits per heavy atom. The van der Waals surface area contributed by atoms with Crippen molar-refractivity contribution in [3.8, 4) is 0 Å². The number of nitrogens with one attached hydrogen (secondary N) is 1. The molecule has 2 atom stereocenters. The van der Waals surface area contributed by atoms with Crippen LogP contribution in [0.25, 0.3) is 0 Å². The molecule has 0 saturated heterocycles. The van der Waals surface area contributed by atoms with Gasteiger partial charge in [0, 0.05) is 18.2 Å². The second-order valence-corrected chi connectivity index (χ2v) is 5.36. The number of aliphatic hydroxyl groups is 1. The lowest BCUT2D eigenvalue weighted by atomic mass is 9.99. The van der Waals surface area contributed by atoms with Gasteiger partial charge in [-0.3, -0.25) is 0 Å². The van der Waals surface area contributed by atoms with Crippen LogP contribution in [-0.4, -0.2) is 36.0 Å². The molecule has 0 aliphatic heterocycles. The molecule has 1 aliphatic carbocycles. The van der Waals surface area contributed by atoms with Gasteiger partial charge >= 0.3 is 0 Å². The fraction of sp³-hybridized carbons (Fsp3) is 1.00. The van der Waals surface area contributed by atoms with Crippen LogP contribution in [0.4, 0.5) is 0 Å². The molecule has 1 aliphatic rings. The van der Waals surface area contributed by atoms with Crippen molar-refractivity contribution in [3.05, 3.63) is 0 Å². The molecule has 0 aromatic rings. The van der Waals surface area contributed by atoms with Crippen molar-refractivity contribution in [1.29, 1.82) is 0 Å². The number of ether oxygens (including phenoxy) is 1. The first-order valence-electron chi connectivity index (χ1n) is 6.60. The van der Waals surface area contributed by atoms with E-state index in [1.54, 1.807) is 0 Å². The molecule has 0 heterocycles. The number of hydrogen-bond donors (Lipinski definition) is 2. The van der Waals surface area contributed by atoms with E-state index in [0.717, 1.165) is 19.4 Å². The Bertz CT molecular complexity index is 194. The number of aliphatic hydroxyl groups excluding tert-OH is 1. The second kappa shape index (κ2) is 6.58. The van der Waals surface area contributed by atoms with Gasteiger partial charge in [0.1, 0.15) is 0 Å². The summed E-state index contributed by atoms with van der Waals surface area (Å²) in [6.07, 6.45) is 6.01. The maximum absolute atomic E-state index is 9.41. The first-order chi connectivity index (χ1) is 7.59. The third-order valence-electron chi connectivity index (χ3n) is 3.23. The molecule has 1 fully saturated rings. The highest BCUT2D eigenvalue weighted by Gasteiger charge is 2.31. The van der Waals surface area contributed by atoms with Crippen molar-refractivity contribution in [3.63, 3.8) is 0 Å². The molecule has 0 amide bonds. The van der Waals surface area contributed by atoms with E-state index in [1.807, 2.05) is 0 Å². The molecule has 0 aromatic carbocycles. The van der Waals surface area contributed by atoms with Gasteiger partial charge in [0.15, 0.2) is 0 Å². The van der Waals surface area contributed by atoms with E-state index in [4.69, 9.17) is 4.74 Å². The molecular weight excluding hydrogens is 202 g/mol. The third kappa shape index (κ3) is 5.28. The minimum atomic E-state index is -0.160. The van der Waals surface area contributed by atoms with E-state index >= 15 is 0 Å². The van der Waals surface area contributed by atoms with Gasteiger partial charge < -0.3 is 15.2 Å². The average Bonchev–Trinajstić information content (AvgIpc) is 3.02. The first-order valence-corrected chi connectivity index (χ1v) is 6.60. The fourth-order valence-corrected chi connectivity index (χ4v) is 1.89. The van der Waals surface area contributed by atoms with E-state index in [0.29, 0.717) is 12.1 Å². The molecule has 3 heteroatoms. The molecule has 0 aromatic heterocycles. The molecule has 0 radical (unpaired) electrons. The first kappa shape index (κ1) is 13.9. The van der Waals surface area contributed by atoms with Crippen molar-refractivity contribution < 1.29 is 9.84 Å². The van der Waals surface area contributed by atoms with Gasteiger partial charge in [-0.1, -0.05) is 13.3 Å². The smallest absolute Gasteiger partial charge is 0.0611 e. The van der Waals surface area contributed by atoms with Crippen LogP contribution in [0.5, 0.6) is 0 Å². The quantitative estimate of drug-likeness (QED) is 0.636. The maximum Gasteiger partial charge on any atom is 0.0611 e. The lowest BCUT2D eigenvalue weighted by molar-refractivity contribution is 0.0357. The molecule has 2 N–H and O–H groups in total. The Labute approximate surface area is 99.6 Å². The summed E-state index contributed by atoms with van der Waals surface area (Å²) in [4.78, 5) is 0. The van der Waals surface area contributed by atoms with Crippen LogP contribution in [0.2, 0.25) is 0 Å². The summed E-state index contributed by atoms with van der Waals surface area (Å²) in [6, 6.07) is 0.630. The minimum absolute atomic E-state index is 0.160. The van der Waals surface area contributed by atoms with Gasteiger partial charge in [-0.25, -0.2) is 0 Å². The molecule has 96 valence electrons. The van der Waals surface area contributed by atoms with Crippen molar-refractivity contribution in [2.75, 3.05) is 13.2 Å². The number of rotatable bonds is 9. The minimum Gasteiger partial charge on any atom is -0.394 e. The largest absolute Gasteiger partial charge is 0.394 e. The summed E-state index contributed by atoms with van der Waals surface area (Å²) in [5, 5.41) is 12.9. The van der Waals surface area contributed by atoms with Crippen LogP contribution in [0, 0.1) is 0 Å². The number of hydrogen-bond acceptors (Lipinski definition) is 3. The highest BCUT2D eigenvalue weighted by molar-refractivity contribution is 4.92. The molecular formula is C13H27NO2. The summed E-state index contributed by atoms with van der Waals surface area (Å²) < 4.78 is 5.73. The third-order valence-corrected chi connectivity index (χ3v) is 3.23. The Kier molecular flexibility index (Phi) is 5.73. The molecule has 0 bridgehead atoms. The molecule has 16 heavy (non-hydrogen) atoms. The van der Waals surface area contributed by atoms with Crippen LogP contribution in [0.3, 0.4) is 0 Å². The van der Waals surface area contributed by atoms with Crippen molar-refractivity contribution in [1.82, 2.24) is 5.32 Å². The monoisotopic (exact) mass is 229 g/mol. The Morgan fingerprint density at radius 2 is 2.19 bits per heavy atom. The second-order valence-electron chi connectivity index (χ2n) is 5.36. The summed E-state index contributed by atoms with van der Waals surface area (Å²) in [6.45, 7) is 7.30. The average molecular weight is 229 g/mol. The Balaban J connectivity index is 2.16. The maximum atomic E-state index is 9.41. The molecule has 1 rings (SSSR count). The molecule has 3 nitrogen and oxygen atoms in total. The van der Waals surface area contributed by atoms with Gasteiger partial charge in [-0.15, -0.1) is 0 Å². The van der Waals surface area contributed by atoms with E-state index in [9.17, 15) is 5.11 Å². The summed E-state index contributed by atoms with van der Waals surface area (Å²) in [5.41, 5.74) is -0.160. The topological polar surface area (TPSA) is 41.5 Å². The zero-order chi connectivity index (χ0) is 12.0. The Morgan fingerprint density at radius 3 is 2.69 bits per heavy atom. The van der Waals surface area contributed by atoms with Gasteiger partial charge in [-0.05, 0) is 39.5 Å². The van der Waals surface area contributed by atoms with E-state index in [-0.39, 0.29) is 12.1 Å². The van der Waals surface area contributed by atoms with Gasteiger partial charge in [0.2, 0.25) is 0 Å². The van der Waals surface area contributed by atoms with E-state index in [2.05, 4.69) is 26.1 Å². The SMILES string of the molecule is CCCC(C)OCCC(C)(CO)NC1CC1. The zero-order valence-electron chi connectivity index (χ0n) is 11.0. The predicted molar refractivity (Wildman–Crippen MR) is 66.6 cm³/mol. The van der Waals surface area contributed by atoms with Crippen LogP contribution >= 0.6 is 0 Å². The van der Waals surface area contributed by atoms with Crippen molar-refractivity contribution >= 4 is 0 Å². The van der Waals surface area contributed by atoms with Crippen molar-refractivity contribution in [2.24, 2.45) is 0 Å². The van der Waals surface area contributed by atoms with Crippen LogP contribution in [0.1, 0.15) is 52.9 Å². The van der Waals surface area contributed by atoms with Crippen LogP contribution in [-0.2, 0) is 4.74 Å². The van der Waals surface area contributed by atoms with Gasteiger partial charge in [0.05, 0.1) is 12.7 Å².